The molecule has 0 aliphatic carbocycles. The minimum absolute atomic E-state index is 0.150. The highest BCUT2D eigenvalue weighted by molar-refractivity contribution is 9.09. The lowest BCUT2D eigenvalue weighted by Crippen LogP contribution is -2.47. The van der Waals surface area contributed by atoms with Gasteiger partial charge in [0.15, 0.2) is 6.29 Å². The zero-order valence-corrected chi connectivity index (χ0v) is 11.5. The standard InChI is InChI=1S/C13H17BrO3/c1-13(9-15-12(7-14)16-10-13)17-8-11-5-3-2-4-6-11/h2-6,12H,7-10H2,1H3/t12-,13+. The second-order valence-electron chi connectivity index (χ2n) is 4.43. The average molecular weight is 301 g/mol. The summed E-state index contributed by atoms with van der Waals surface area (Å²) in [6.07, 6.45) is -0.150. The van der Waals surface area contributed by atoms with Gasteiger partial charge in [-0.05, 0) is 12.5 Å². The summed E-state index contributed by atoms with van der Waals surface area (Å²) in [6.45, 7) is 3.73. The van der Waals surface area contributed by atoms with Crippen LogP contribution < -0.4 is 0 Å². The number of hydrogen-bond donors (Lipinski definition) is 0. The van der Waals surface area contributed by atoms with E-state index in [9.17, 15) is 0 Å². The van der Waals surface area contributed by atoms with Crippen molar-refractivity contribution in [3.63, 3.8) is 0 Å². The van der Waals surface area contributed by atoms with Crippen molar-refractivity contribution in [1.29, 1.82) is 0 Å². The minimum atomic E-state index is -0.353. The first-order valence-corrected chi connectivity index (χ1v) is 6.81. The summed E-state index contributed by atoms with van der Waals surface area (Å²) in [5.41, 5.74) is 0.811. The van der Waals surface area contributed by atoms with Crippen LogP contribution in [-0.2, 0) is 20.8 Å². The molecule has 17 heavy (non-hydrogen) atoms. The molecule has 1 saturated heterocycles. The van der Waals surface area contributed by atoms with Gasteiger partial charge < -0.3 is 14.2 Å². The average Bonchev–Trinajstić information content (AvgIpc) is 2.39. The van der Waals surface area contributed by atoms with E-state index in [1.807, 2.05) is 25.1 Å². The minimum Gasteiger partial charge on any atom is -0.366 e. The van der Waals surface area contributed by atoms with Crippen molar-refractivity contribution in [2.45, 2.75) is 25.4 Å². The third-order valence-electron chi connectivity index (χ3n) is 2.71. The molecule has 1 aromatic carbocycles. The van der Waals surface area contributed by atoms with E-state index < -0.39 is 0 Å². The van der Waals surface area contributed by atoms with E-state index in [0.717, 1.165) is 5.56 Å². The Hall–Kier alpha value is -0.420. The maximum absolute atomic E-state index is 5.88. The Morgan fingerprint density at radius 1 is 1.29 bits per heavy atom. The summed E-state index contributed by atoms with van der Waals surface area (Å²) in [5.74, 6) is 0. The van der Waals surface area contributed by atoms with Crippen LogP contribution in [-0.4, -0.2) is 30.4 Å². The highest BCUT2D eigenvalue weighted by atomic mass is 79.9. The van der Waals surface area contributed by atoms with Crippen LogP contribution in [0.25, 0.3) is 0 Å². The Balaban J connectivity index is 1.83. The molecule has 1 aliphatic rings. The number of hydrogen-bond acceptors (Lipinski definition) is 3. The molecule has 0 atom stereocenters. The largest absolute Gasteiger partial charge is 0.366 e. The first-order valence-electron chi connectivity index (χ1n) is 5.69. The molecular formula is C13H17BrO3. The fraction of sp³-hybridized carbons (Fsp3) is 0.538. The molecule has 94 valence electrons. The van der Waals surface area contributed by atoms with Gasteiger partial charge in [0, 0.05) is 0 Å². The van der Waals surface area contributed by atoms with E-state index in [1.54, 1.807) is 0 Å². The number of ether oxygens (including phenoxy) is 3. The third-order valence-corrected chi connectivity index (χ3v) is 3.23. The Labute approximate surface area is 110 Å². The molecule has 0 bridgehead atoms. The lowest BCUT2D eigenvalue weighted by molar-refractivity contribution is -0.254. The summed E-state index contributed by atoms with van der Waals surface area (Å²) in [4.78, 5) is 0. The summed E-state index contributed by atoms with van der Waals surface area (Å²) in [5, 5.41) is 0.696. The monoisotopic (exact) mass is 300 g/mol. The van der Waals surface area contributed by atoms with E-state index in [2.05, 4.69) is 28.1 Å². The van der Waals surface area contributed by atoms with Crippen LogP contribution >= 0.6 is 15.9 Å². The van der Waals surface area contributed by atoms with Crippen molar-refractivity contribution < 1.29 is 14.2 Å². The van der Waals surface area contributed by atoms with Gasteiger partial charge in [-0.25, -0.2) is 0 Å². The number of alkyl halides is 1. The Morgan fingerprint density at radius 3 is 2.53 bits per heavy atom. The van der Waals surface area contributed by atoms with E-state index in [-0.39, 0.29) is 11.9 Å². The van der Waals surface area contributed by atoms with Crippen molar-refractivity contribution in [3.8, 4) is 0 Å². The first kappa shape index (κ1) is 13.0. The van der Waals surface area contributed by atoms with Gasteiger partial charge >= 0.3 is 0 Å². The zero-order valence-electron chi connectivity index (χ0n) is 9.90. The summed E-state index contributed by atoms with van der Waals surface area (Å²) in [6, 6.07) is 10.1. The van der Waals surface area contributed by atoms with E-state index in [4.69, 9.17) is 14.2 Å². The van der Waals surface area contributed by atoms with Gasteiger partial charge in [0.2, 0.25) is 0 Å². The molecule has 1 aliphatic heterocycles. The van der Waals surface area contributed by atoms with Gasteiger partial charge in [0.25, 0.3) is 0 Å². The number of halogens is 1. The molecule has 0 amide bonds. The van der Waals surface area contributed by atoms with E-state index >= 15 is 0 Å². The van der Waals surface area contributed by atoms with Crippen molar-refractivity contribution >= 4 is 15.9 Å². The molecule has 0 unspecified atom stereocenters. The molecule has 0 spiro atoms. The van der Waals surface area contributed by atoms with Gasteiger partial charge in [0.1, 0.15) is 5.60 Å². The number of rotatable bonds is 4. The van der Waals surface area contributed by atoms with Crippen LogP contribution in [0.2, 0.25) is 0 Å². The summed E-state index contributed by atoms with van der Waals surface area (Å²) in [7, 11) is 0. The van der Waals surface area contributed by atoms with Gasteiger partial charge in [-0.3, -0.25) is 0 Å². The van der Waals surface area contributed by atoms with Crippen LogP contribution in [0.1, 0.15) is 12.5 Å². The molecule has 3 nitrogen and oxygen atoms in total. The third kappa shape index (κ3) is 3.78. The lowest BCUT2D eigenvalue weighted by Gasteiger charge is -2.36. The van der Waals surface area contributed by atoms with Crippen molar-refractivity contribution in [1.82, 2.24) is 0 Å². The molecule has 0 radical (unpaired) electrons. The predicted molar refractivity (Wildman–Crippen MR) is 69.1 cm³/mol. The topological polar surface area (TPSA) is 27.7 Å². The second-order valence-corrected chi connectivity index (χ2v) is 5.08. The Kier molecular flexibility index (Phi) is 4.56. The van der Waals surface area contributed by atoms with Gasteiger partial charge in [-0.15, -0.1) is 0 Å². The highest BCUT2D eigenvalue weighted by Gasteiger charge is 2.33. The maximum atomic E-state index is 5.88. The second kappa shape index (κ2) is 5.96. The SMILES string of the molecule is C[C@]1(OCc2ccccc2)CO[C@@H](CBr)OC1. The van der Waals surface area contributed by atoms with Crippen molar-refractivity contribution in [3.05, 3.63) is 35.9 Å². The van der Waals surface area contributed by atoms with E-state index in [1.165, 1.54) is 0 Å². The van der Waals surface area contributed by atoms with Crippen LogP contribution in [0.4, 0.5) is 0 Å². The summed E-state index contributed by atoms with van der Waals surface area (Å²) >= 11 is 3.33. The smallest absolute Gasteiger partial charge is 0.167 e. The molecule has 0 aromatic heterocycles. The fourth-order valence-corrected chi connectivity index (χ4v) is 2.01. The quantitative estimate of drug-likeness (QED) is 0.800. The first-order chi connectivity index (χ1) is 8.22. The number of benzene rings is 1. The van der Waals surface area contributed by atoms with E-state index in [0.29, 0.717) is 25.2 Å². The van der Waals surface area contributed by atoms with Gasteiger partial charge in [-0.2, -0.15) is 0 Å². The lowest BCUT2D eigenvalue weighted by atomic mass is 10.1. The molecule has 1 fully saturated rings. The van der Waals surface area contributed by atoms with Gasteiger partial charge in [0.05, 0.1) is 25.2 Å². The molecule has 0 saturated carbocycles. The molecule has 4 heteroatoms. The van der Waals surface area contributed by atoms with Crippen LogP contribution in [0, 0.1) is 0 Å². The van der Waals surface area contributed by atoms with Crippen molar-refractivity contribution in [2.24, 2.45) is 0 Å². The highest BCUT2D eigenvalue weighted by Crippen LogP contribution is 2.21. The Morgan fingerprint density at radius 2 is 1.94 bits per heavy atom. The predicted octanol–water partition coefficient (Wildman–Crippen LogP) is 2.73. The van der Waals surface area contributed by atoms with Gasteiger partial charge in [-0.1, -0.05) is 46.3 Å². The van der Waals surface area contributed by atoms with Crippen LogP contribution in [0.15, 0.2) is 30.3 Å². The molecule has 0 N–H and O–H groups in total. The Bertz CT molecular complexity index is 334. The molecular weight excluding hydrogens is 284 g/mol. The molecule has 1 aromatic rings. The normalized spacial score (nSPS) is 29.2. The van der Waals surface area contributed by atoms with Crippen LogP contribution in [0.5, 0.6) is 0 Å². The zero-order chi connectivity index (χ0) is 12.1. The molecule has 1 heterocycles. The van der Waals surface area contributed by atoms with Crippen LogP contribution in [0.3, 0.4) is 0 Å². The summed E-state index contributed by atoms with van der Waals surface area (Å²) < 4.78 is 17.0. The molecule has 2 rings (SSSR count). The maximum Gasteiger partial charge on any atom is 0.167 e. The van der Waals surface area contributed by atoms with Crippen molar-refractivity contribution in [2.75, 3.05) is 18.5 Å². The fourth-order valence-electron chi connectivity index (χ4n) is 1.63.